The Morgan fingerprint density at radius 1 is 1.20 bits per heavy atom. The maximum Gasteiger partial charge on any atom is 0.238 e. The highest BCUT2D eigenvalue weighted by Crippen LogP contribution is 2.11. The van der Waals surface area contributed by atoms with E-state index in [0.29, 0.717) is 17.8 Å². The summed E-state index contributed by atoms with van der Waals surface area (Å²) in [7, 11) is 2.09. The summed E-state index contributed by atoms with van der Waals surface area (Å²) in [6, 6.07) is 7.04. The van der Waals surface area contributed by atoms with Crippen LogP contribution in [0.3, 0.4) is 0 Å². The maximum absolute atomic E-state index is 12.0. The topological polar surface area (TPSA) is 52.7 Å². The Bertz CT molecular complexity index is 494. The molecule has 1 saturated heterocycles. The van der Waals surface area contributed by atoms with E-state index in [1.807, 2.05) is 0 Å². The van der Waals surface area contributed by atoms with E-state index in [9.17, 15) is 9.59 Å². The molecule has 1 amide bonds. The monoisotopic (exact) mass is 275 g/mol. The number of Topliss-reactive ketones (excluding diaryl/α,β-unsaturated/α-hetero) is 1. The number of benzene rings is 1. The number of carbonyl (C=O) groups is 2. The van der Waals surface area contributed by atoms with Crippen LogP contribution in [0.2, 0.25) is 0 Å². The lowest BCUT2D eigenvalue weighted by Gasteiger charge is -2.31. The Kier molecular flexibility index (Phi) is 4.87. The molecule has 0 aliphatic carbocycles. The van der Waals surface area contributed by atoms with E-state index >= 15 is 0 Å². The average Bonchev–Trinajstić information content (AvgIpc) is 2.41. The number of nitrogens with zero attached hydrogens (tertiary/aromatic N) is 2. The summed E-state index contributed by atoms with van der Waals surface area (Å²) in [4.78, 5) is 27.7. The van der Waals surface area contributed by atoms with Crippen LogP contribution in [0, 0.1) is 0 Å². The predicted molar refractivity (Wildman–Crippen MR) is 79.0 cm³/mol. The van der Waals surface area contributed by atoms with Crippen molar-refractivity contribution in [2.45, 2.75) is 6.92 Å². The third-order valence-electron chi connectivity index (χ3n) is 3.52. The summed E-state index contributed by atoms with van der Waals surface area (Å²) < 4.78 is 0. The van der Waals surface area contributed by atoms with Crippen LogP contribution in [0.1, 0.15) is 17.3 Å². The van der Waals surface area contributed by atoms with Crippen molar-refractivity contribution in [2.75, 3.05) is 45.1 Å². The van der Waals surface area contributed by atoms with Gasteiger partial charge in [-0.05, 0) is 26.1 Å². The van der Waals surface area contributed by atoms with Gasteiger partial charge >= 0.3 is 0 Å². The molecule has 1 aliphatic rings. The van der Waals surface area contributed by atoms with Gasteiger partial charge in [-0.2, -0.15) is 0 Å². The Balaban J connectivity index is 1.88. The van der Waals surface area contributed by atoms with Crippen molar-refractivity contribution in [3.63, 3.8) is 0 Å². The van der Waals surface area contributed by atoms with Gasteiger partial charge in [0.15, 0.2) is 5.78 Å². The number of ketones is 1. The molecule has 1 N–H and O–H groups in total. The van der Waals surface area contributed by atoms with Crippen LogP contribution in [0.25, 0.3) is 0 Å². The van der Waals surface area contributed by atoms with Crippen molar-refractivity contribution in [1.82, 2.24) is 9.80 Å². The van der Waals surface area contributed by atoms with Crippen molar-refractivity contribution in [1.29, 1.82) is 0 Å². The number of rotatable bonds is 4. The smallest absolute Gasteiger partial charge is 0.238 e. The first-order valence-electron chi connectivity index (χ1n) is 6.86. The second-order valence-electron chi connectivity index (χ2n) is 5.26. The van der Waals surface area contributed by atoms with Gasteiger partial charge in [0, 0.05) is 37.4 Å². The van der Waals surface area contributed by atoms with Gasteiger partial charge < -0.3 is 10.2 Å². The molecule has 0 radical (unpaired) electrons. The van der Waals surface area contributed by atoms with Gasteiger partial charge in [0.2, 0.25) is 5.91 Å². The van der Waals surface area contributed by atoms with E-state index in [1.54, 1.807) is 24.3 Å². The third-order valence-corrected chi connectivity index (χ3v) is 3.52. The Morgan fingerprint density at radius 2 is 1.90 bits per heavy atom. The van der Waals surface area contributed by atoms with Crippen molar-refractivity contribution in [2.24, 2.45) is 0 Å². The molecule has 1 fully saturated rings. The molecule has 0 spiro atoms. The minimum absolute atomic E-state index is 0.000154. The zero-order valence-corrected chi connectivity index (χ0v) is 12.1. The van der Waals surface area contributed by atoms with E-state index in [0.717, 1.165) is 26.2 Å². The number of piperazine rings is 1. The van der Waals surface area contributed by atoms with Crippen LogP contribution in [-0.2, 0) is 4.79 Å². The van der Waals surface area contributed by atoms with Crippen molar-refractivity contribution in [3.8, 4) is 0 Å². The van der Waals surface area contributed by atoms with E-state index in [2.05, 4.69) is 22.2 Å². The predicted octanol–water partition coefficient (Wildman–Crippen LogP) is 1.08. The largest absolute Gasteiger partial charge is 0.325 e. The molecular formula is C15H21N3O2. The van der Waals surface area contributed by atoms with Crippen LogP contribution in [0.4, 0.5) is 5.69 Å². The van der Waals surface area contributed by atoms with Crippen molar-refractivity contribution < 1.29 is 9.59 Å². The lowest BCUT2D eigenvalue weighted by molar-refractivity contribution is -0.117. The minimum atomic E-state index is -0.0322. The molecule has 1 aromatic carbocycles. The van der Waals surface area contributed by atoms with Gasteiger partial charge in [0.05, 0.1) is 6.54 Å². The van der Waals surface area contributed by atoms with E-state index in [1.165, 1.54) is 6.92 Å². The molecule has 0 saturated carbocycles. The van der Waals surface area contributed by atoms with Gasteiger partial charge in [0.1, 0.15) is 0 Å². The molecule has 1 aliphatic heterocycles. The van der Waals surface area contributed by atoms with Crippen LogP contribution in [-0.4, -0.2) is 61.3 Å². The summed E-state index contributed by atoms with van der Waals surface area (Å²) in [5.41, 5.74) is 1.29. The molecule has 0 bridgehead atoms. The molecule has 5 nitrogen and oxygen atoms in total. The molecule has 0 atom stereocenters. The van der Waals surface area contributed by atoms with Crippen LogP contribution in [0.15, 0.2) is 24.3 Å². The third kappa shape index (κ3) is 4.15. The molecule has 1 aromatic rings. The number of carbonyl (C=O) groups excluding carboxylic acids is 2. The molecule has 1 heterocycles. The molecular weight excluding hydrogens is 254 g/mol. The number of amides is 1. The second kappa shape index (κ2) is 6.63. The van der Waals surface area contributed by atoms with Crippen LogP contribution in [0.5, 0.6) is 0 Å². The average molecular weight is 275 g/mol. The summed E-state index contributed by atoms with van der Waals surface area (Å²) in [5.74, 6) is -0.0320. The number of hydrogen-bond acceptors (Lipinski definition) is 4. The maximum atomic E-state index is 12.0. The number of nitrogens with one attached hydrogen (secondary N) is 1. The van der Waals surface area contributed by atoms with Gasteiger partial charge in [-0.25, -0.2) is 0 Å². The van der Waals surface area contributed by atoms with Crippen LogP contribution >= 0.6 is 0 Å². The lowest BCUT2D eigenvalue weighted by Crippen LogP contribution is -2.47. The summed E-state index contributed by atoms with van der Waals surface area (Å²) in [5, 5.41) is 2.85. The summed E-state index contributed by atoms with van der Waals surface area (Å²) >= 11 is 0. The Morgan fingerprint density at radius 3 is 2.55 bits per heavy atom. The highest BCUT2D eigenvalue weighted by atomic mass is 16.2. The molecule has 108 valence electrons. The highest BCUT2D eigenvalue weighted by molar-refractivity contribution is 5.97. The zero-order chi connectivity index (χ0) is 14.5. The quantitative estimate of drug-likeness (QED) is 0.835. The first-order chi connectivity index (χ1) is 9.54. The van der Waals surface area contributed by atoms with E-state index in [-0.39, 0.29) is 11.7 Å². The summed E-state index contributed by atoms with van der Waals surface area (Å²) in [6.07, 6.45) is 0. The number of likely N-dealkylation sites (N-methyl/N-ethyl adjacent to an activating group) is 1. The Labute approximate surface area is 119 Å². The van der Waals surface area contributed by atoms with E-state index < -0.39 is 0 Å². The van der Waals surface area contributed by atoms with E-state index in [4.69, 9.17) is 0 Å². The first-order valence-corrected chi connectivity index (χ1v) is 6.86. The standard InChI is InChI=1S/C15H21N3O2/c1-12(19)13-4-3-5-14(10-13)16-15(20)11-18-8-6-17(2)7-9-18/h3-5,10H,6-9,11H2,1-2H3,(H,16,20). The fraction of sp³-hybridized carbons (Fsp3) is 0.467. The number of anilines is 1. The Hall–Kier alpha value is -1.72. The lowest BCUT2D eigenvalue weighted by atomic mass is 10.1. The zero-order valence-electron chi connectivity index (χ0n) is 12.1. The molecule has 0 aromatic heterocycles. The van der Waals surface area contributed by atoms with Gasteiger partial charge in [-0.1, -0.05) is 12.1 Å². The van der Waals surface area contributed by atoms with Crippen LogP contribution < -0.4 is 5.32 Å². The van der Waals surface area contributed by atoms with Crippen molar-refractivity contribution >= 4 is 17.4 Å². The summed E-state index contributed by atoms with van der Waals surface area (Å²) in [6.45, 7) is 5.73. The fourth-order valence-electron chi connectivity index (χ4n) is 2.23. The van der Waals surface area contributed by atoms with Crippen molar-refractivity contribution in [3.05, 3.63) is 29.8 Å². The second-order valence-corrected chi connectivity index (χ2v) is 5.26. The van der Waals surface area contributed by atoms with Gasteiger partial charge in [0.25, 0.3) is 0 Å². The van der Waals surface area contributed by atoms with Gasteiger partial charge in [-0.3, -0.25) is 14.5 Å². The molecule has 2 rings (SSSR count). The number of hydrogen-bond donors (Lipinski definition) is 1. The molecule has 20 heavy (non-hydrogen) atoms. The van der Waals surface area contributed by atoms with Gasteiger partial charge in [-0.15, -0.1) is 0 Å². The fourth-order valence-corrected chi connectivity index (χ4v) is 2.23. The highest BCUT2D eigenvalue weighted by Gasteiger charge is 2.16. The first kappa shape index (κ1) is 14.7. The minimum Gasteiger partial charge on any atom is -0.325 e. The molecule has 5 heteroatoms. The normalized spacial score (nSPS) is 16.9. The SMILES string of the molecule is CC(=O)c1cccc(NC(=O)CN2CCN(C)CC2)c1. The molecule has 0 unspecified atom stereocenters.